The molecule has 0 radical (unpaired) electrons. The van der Waals surface area contributed by atoms with Gasteiger partial charge in [-0.3, -0.25) is 0 Å². The van der Waals surface area contributed by atoms with Crippen molar-refractivity contribution in [2.24, 2.45) is 17.0 Å². The maximum Gasteiger partial charge on any atom is 0.380 e. The summed E-state index contributed by atoms with van der Waals surface area (Å²) in [4.78, 5) is 0. The number of benzene rings is 3. The summed E-state index contributed by atoms with van der Waals surface area (Å²) >= 11 is 0. The zero-order valence-electron chi connectivity index (χ0n) is 19.1. The van der Waals surface area contributed by atoms with Crippen LogP contribution in [0.4, 0.5) is 0 Å². The second kappa shape index (κ2) is 11.6. The molecule has 0 saturated heterocycles. The molecular formula is C29H32N2OSi. The first-order valence-corrected chi connectivity index (χ1v) is 14.0. The van der Waals surface area contributed by atoms with E-state index < -0.39 is 8.32 Å². The summed E-state index contributed by atoms with van der Waals surface area (Å²) in [5.41, 5.74) is 0. The fraction of sp³-hybridized carbons (Fsp3) is 0.310. The minimum Gasteiger partial charge on any atom is -0.438 e. The van der Waals surface area contributed by atoms with E-state index in [4.69, 9.17) is 9.68 Å². The van der Waals surface area contributed by atoms with Gasteiger partial charge < -0.3 is 4.53 Å². The van der Waals surface area contributed by atoms with Crippen molar-refractivity contribution >= 4 is 30.1 Å². The third-order valence-corrected chi connectivity index (χ3v) is 10.5. The van der Waals surface area contributed by atoms with E-state index in [9.17, 15) is 5.26 Å². The minimum atomic E-state index is -2.83. The summed E-state index contributed by atoms with van der Waals surface area (Å²) in [6.45, 7) is 0. The van der Waals surface area contributed by atoms with Crippen LogP contribution in [-0.2, 0) is 4.53 Å². The Balaban J connectivity index is 1.72. The lowest BCUT2D eigenvalue weighted by atomic mass is 9.91. The lowest BCUT2D eigenvalue weighted by molar-refractivity contribution is 0.344. The van der Waals surface area contributed by atoms with Crippen LogP contribution in [0.25, 0.3) is 0 Å². The van der Waals surface area contributed by atoms with Crippen molar-refractivity contribution in [3.63, 3.8) is 0 Å². The smallest absolute Gasteiger partial charge is 0.380 e. The maximum absolute atomic E-state index is 9.60. The SMILES string of the molecule is N#CC1CCCCCCC(C=NO[Si](c2ccccc2)(c2ccccc2)c2ccccc2)C1. The number of rotatable bonds is 6. The van der Waals surface area contributed by atoms with Gasteiger partial charge in [-0.2, -0.15) is 5.26 Å². The standard InChI is InChI=1S/C29H32N2OSi/c30-23-25-14-6-1-2-7-15-26(22-25)24-31-32-33(27-16-8-3-9-17-27,28-18-10-4-11-19-28)29-20-12-5-13-21-29/h3-5,8-13,16-21,24-26H,1-2,6-7,14-15,22H2. The highest BCUT2D eigenvalue weighted by atomic mass is 28.4. The summed E-state index contributed by atoms with van der Waals surface area (Å²) in [5, 5.41) is 17.8. The van der Waals surface area contributed by atoms with Gasteiger partial charge in [0.05, 0.1) is 6.07 Å². The topological polar surface area (TPSA) is 45.4 Å². The van der Waals surface area contributed by atoms with Gasteiger partial charge in [0.25, 0.3) is 0 Å². The predicted octanol–water partition coefficient (Wildman–Crippen LogP) is 5.16. The summed E-state index contributed by atoms with van der Waals surface area (Å²) in [6.07, 6.45) is 9.75. The predicted molar refractivity (Wildman–Crippen MR) is 138 cm³/mol. The molecule has 1 saturated carbocycles. The van der Waals surface area contributed by atoms with Gasteiger partial charge in [0, 0.05) is 12.1 Å². The number of nitrogens with zero attached hydrogens (tertiary/aromatic N) is 2. The van der Waals surface area contributed by atoms with E-state index in [1.807, 2.05) is 24.4 Å². The highest BCUT2D eigenvalue weighted by Gasteiger charge is 2.44. The largest absolute Gasteiger partial charge is 0.438 e. The van der Waals surface area contributed by atoms with Crippen molar-refractivity contribution < 1.29 is 4.53 Å². The zero-order valence-corrected chi connectivity index (χ0v) is 20.1. The second-order valence-electron chi connectivity index (χ2n) is 8.94. The third kappa shape index (κ3) is 5.61. The molecular weight excluding hydrogens is 420 g/mol. The molecule has 0 aliphatic heterocycles. The Bertz CT molecular complexity index is 951. The Hall–Kier alpha value is -3.16. The molecule has 2 atom stereocenters. The van der Waals surface area contributed by atoms with Crippen LogP contribution in [0.15, 0.2) is 96.2 Å². The number of nitriles is 1. The Labute approximate surface area is 198 Å². The normalized spacial score (nSPS) is 19.7. The summed E-state index contributed by atoms with van der Waals surface area (Å²) in [7, 11) is -2.83. The van der Waals surface area contributed by atoms with Crippen LogP contribution in [0.1, 0.15) is 44.9 Å². The number of hydrogen-bond acceptors (Lipinski definition) is 3. The van der Waals surface area contributed by atoms with Crippen molar-refractivity contribution in [3.05, 3.63) is 91.0 Å². The number of oxime groups is 1. The molecule has 0 N–H and O–H groups in total. The van der Waals surface area contributed by atoms with Crippen molar-refractivity contribution in [2.45, 2.75) is 44.9 Å². The van der Waals surface area contributed by atoms with E-state index in [1.54, 1.807) is 0 Å². The Kier molecular flexibility index (Phi) is 8.11. The van der Waals surface area contributed by atoms with E-state index in [2.05, 4.69) is 78.9 Å². The van der Waals surface area contributed by atoms with Crippen LogP contribution in [0.2, 0.25) is 0 Å². The van der Waals surface area contributed by atoms with Gasteiger partial charge in [0.2, 0.25) is 0 Å². The lowest BCUT2D eigenvalue weighted by Gasteiger charge is -2.30. The molecule has 1 aliphatic carbocycles. The van der Waals surface area contributed by atoms with Crippen molar-refractivity contribution in [2.75, 3.05) is 0 Å². The average Bonchev–Trinajstić information content (AvgIpc) is 3.00. The van der Waals surface area contributed by atoms with Gasteiger partial charge in [-0.1, -0.05) is 117 Å². The Morgan fingerprint density at radius 1 is 0.727 bits per heavy atom. The van der Waals surface area contributed by atoms with Gasteiger partial charge in [-0.15, -0.1) is 5.16 Å². The second-order valence-corrected chi connectivity index (χ2v) is 12.2. The van der Waals surface area contributed by atoms with Gasteiger partial charge >= 0.3 is 8.32 Å². The minimum absolute atomic E-state index is 0.110. The summed E-state index contributed by atoms with van der Waals surface area (Å²) < 4.78 is 6.69. The van der Waals surface area contributed by atoms with E-state index >= 15 is 0 Å². The Morgan fingerprint density at radius 3 is 1.70 bits per heavy atom. The number of hydrogen-bond donors (Lipinski definition) is 0. The molecule has 3 aromatic carbocycles. The molecule has 0 heterocycles. The van der Waals surface area contributed by atoms with Gasteiger partial charge in [0.15, 0.2) is 0 Å². The van der Waals surface area contributed by atoms with Crippen LogP contribution in [0, 0.1) is 23.2 Å². The van der Waals surface area contributed by atoms with Gasteiger partial charge in [-0.05, 0) is 40.7 Å². The van der Waals surface area contributed by atoms with Crippen LogP contribution >= 0.6 is 0 Å². The summed E-state index contributed by atoms with van der Waals surface area (Å²) in [5.74, 6) is 0.390. The van der Waals surface area contributed by atoms with Crippen molar-refractivity contribution in [1.29, 1.82) is 5.26 Å². The molecule has 0 bridgehead atoms. The fourth-order valence-corrected chi connectivity index (χ4v) is 8.40. The van der Waals surface area contributed by atoms with Crippen molar-refractivity contribution in [3.8, 4) is 6.07 Å². The molecule has 4 heteroatoms. The lowest BCUT2D eigenvalue weighted by Crippen LogP contribution is -2.68. The average molecular weight is 453 g/mol. The van der Waals surface area contributed by atoms with E-state index in [1.165, 1.54) is 34.8 Å². The molecule has 4 rings (SSSR count). The third-order valence-electron chi connectivity index (χ3n) is 6.65. The first-order valence-electron chi connectivity index (χ1n) is 12.1. The van der Waals surface area contributed by atoms with Gasteiger partial charge in [0.1, 0.15) is 0 Å². The van der Waals surface area contributed by atoms with Crippen molar-refractivity contribution in [1.82, 2.24) is 0 Å². The fourth-order valence-electron chi connectivity index (χ4n) is 4.88. The highest BCUT2D eigenvalue weighted by molar-refractivity contribution is 7.07. The molecule has 3 nitrogen and oxygen atoms in total. The maximum atomic E-state index is 9.60. The molecule has 33 heavy (non-hydrogen) atoms. The van der Waals surface area contributed by atoms with Crippen LogP contribution in [0.5, 0.6) is 0 Å². The van der Waals surface area contributed by atoms with E-state index in [-0.39, 0.29) is 11.8 Å². The van der Waals surface area contributed by atoms with Gasteiger partial charge in [-0.25, -0.2) is 0 Å². The molecule has 2 unspecified atom stereocenters. The van der Waals surface area contributed by atoms with Crippen LogP contribution in [0.3, 0.4) is 0 Å². The molecule has 1 fully saturated rings. The Morgan fingerprint density at radius 2 is 1.21 bits per heavy atom. The monoisotopic (exact) mass is 452 g/mol. The van der Waals surface area contributed by atoms with Crippen LogP contribution in [-0.4, -0.2) is 14.5 Å². The zero-order chi connectivity index (χ0) is 22.8. The molecule has 0 amide bonds. The molecule has 3 aromatic rings. The van der Waals surface area contributed by atoms with E-state index in [0.29, 0.717) is 0 Å². The van der Waals surface area contributed by atoms with E-state index in [0.717, 1.165) is 25.7 Å². The van der Waals surface area contributed by atoms with Crippen LogP contribution < -0.4 is 15.6 Å². The molecule has 0 aromatic heterocycles. The first kappa shape index (κ1) is 23.0. The highest BCUT2D eigenvalue weighted by Crippen LogP contribution is 2.25. The quantitative estimate of drug-likeness (QED) is 0.225. The first-order chi connectivity index (χ1) is 16.3. The summed E-state index contributed by atoms with van der Waals surface area (Å²) in [6, 6.07) is 34.1. The molecule has 1 aliphatic rings. The molecule has 0 spiro atoms. The molecule has 168 valence electrons.